The molecule has 8 heteroatoms. The van der Waals surface area contributed by atoms with Crippen LogP contribution < -0.4 is 4.74 Å². The number of aliphatic hydroxyl groups excluding tert-OH is 1. The van der Waals surface area contributed by atoms with Crippen LogP contribution in [0.2, 0.25) is 0 Å². The first kappa shape index (κ1) is 20.8. The number of pyridine rings is 1. The highest BCUT2D eigenvalue weighted by atomic mass is 32.1. The molecule has 2 aliphatic rings. The maximum absolute atomic E-state index is 10.4. The number of ether oxygens (including phenoxy) is 1. The van der Waals surface area contributed by atoms with Crippen molar-refractivity contribution >= 4 is 22.2 Å². The minimum atomic E-state index is -0.0831. The van der Waals surface area contributed by atoms with Gasteiger partial charge in [0.2, 0.25) is 0 Å². The molecule has 7 nitrogen and oxygen atoms in total. The quantitative estimate of drug-likeness (QED) is 0.459. The van der Waals surface area contributed by atoms with Crippen LogP contribution in [0.5, 0.6) is 5.75 Å². The predicted molar refractivity (Wildman–Crippen MR) is 128 cm³/mol. The van der Waals surface area contributed by atoms with E-state index in [0.29, 0.717) is 0 Å². The second-order valence-corrected chi connectivity index (χ2v) is 10.1. The molecule has 0 unspecified atom stereocenters. The molecule has 170 valence electrons. The summed E-state index contributed by atoms with van der Waals surface area (Å²) < 4.78 is 5.47. The lowest BCUT2D eigenvalue weighted by molar-refractivity contribution is -0.0120. The summed E-state index contributed by atoms with van der Waals surface area (Å²) in [5.74, 6) is 0.835. The summed E-state index contributed by atoms with van der Waals surface area (Å²) in [7, 11) is 1.69. The number of likely N-dealkylation sites (tertiary alicyclic amines) is 1. The lowest BCUT2D eigenvalue weighted by Gasteiger charge is -2.56. The van der Waals surface area contributed by atoms with E-state index < -0.39 is 0 Å². The topological polar surface area (TPSA) is 77.5 Å². The molecule has 0 saturated carbocycles. The first-order valence-corrected chi connectivity index (χ1v) is 12.1. The number of hydrogen-bond donors (Lipinski definition) is 2. The van der Waals surface area contributed by atoms with Crippen LogP contribution in [0.25, 0.3) is 10.9 Å². The maximum atomic E-state index is 10.4. The van der Waals surface area contributed by atoms with Gasteiger partial charge in [-0.15, -0.1) is 11.3 Å². The van der Waals surface area contributed by atoms with Gasteiger partial charge in [0.05, 0.1) is 26.3 Å². The fourth-order valence-electron chi connectivity index (χ4n) is 5.71. The Morgan fingerprint density at radius 2 is 2.12 bits per heavy atom. The highest BCUT2D eigenvalue weighted by molar-refractivity contribution is 7.09. The van der Waals surface area contributed by atoms with Crippen molar-refractivity contribution in [1.82, 2.24) is 24.8 Å². The largest absolute Gasteiger partial charge is 0.497 e. The van der Waals surface area contributed by atoms with Crippen LogP contribution in [0.15, 0.2) is 54.3 Å². The average Bonchev–Trinajstić information content (AvgIpc) is 3.46. The Kier molecular flexibility index (Phi) is 5.18. The van der Waals surface area contributed by atoms with E-state index in [0.717, 1.165) is 54.7 Å². The zero-order chi connectivity index (χ0) is 22.4. The van der Waals surface area contributed by atoms with Gasteiger partial charge in [-0.05, 0) is 29.3 Å². The van der Waals surface area contributed by atoms with Gasteiger partial charge in [0.25, 0.3) is 0 Å². The molecule has 3 aromatic heterocycles. The van der Waals surface area contributed by atoms with E-state index in [1.165, 1.54) is 16.5 Å². The lowest BCUT2D eigenvalue weighted by Crippen LogP contribution is -2.65. The molecule has 2 N–H and O–H groups in total. The molecule has 0 radical (unpaired) electrons. The van der Waals surface area contributed by atoms with Crippen LogP contribution in [-0.2, 0) is 18.5 Å². The number of aromatic amines is 1. The average molecular weight is 462 g/mol. The van der Waals surface area contributed by atoms with Crippen LogP contribution in [0.4, 0.5) is 0 Å². The predicted octanol–water partition coefficient (Wildman–Crippen LogP) is 3.33. The number of methoxy groups -OCH3 is 1. The SMILES string of the molecule is COc1ccc2c3c([nH]c2c1)[C@H](CO)N(Cc1nccs1)CC31CN(Cc2cccnc2)C1. The Morgan fingerprint density at radius 1 is 1.21 bits per heavy atom. The maximum Gasteiger partial charge on any atom is 0.120 e. The second kappa shape index (κ2) is 8.22. The number of rotatable bonds is 6. The van der Waals surface area contributed by atoms with E-state index in [-0.39, 0.29) is 18.1 Å². The van der Waals surface area contributed by atoms with Gasteiger partial charge < -0.3 is 14.8 Å². The third-order valence-electron chi connectivity index (χ3n) is 7.02. The van der Waals surface area contributed by atoms with Crippen LogP contribution in [0, 0.1) is 0 Å². The normalized spacial score (nSPS) is 20.1. The Balaban J connectivity index is 1.39. The standard InChI is InChI=1S/C25H27N5O2S/c1-32-18-4-5-19-20(9-18)28-24-21(13-31)30(12-22-27-7-8-33-22)16-25(23(19)24)14-29(15-25)11-17-3-2-6-26-10-17/h2-10,21,28,31H,11-16H2,1H3/t21-/m0/s1. The van der Waals surface area contributed by atoms with Gasteiger partial charge in [0.1, 0.15) is 10.8 Å². The summed E-state index contributed by atoms with van der Waals surface area (Å²) >= 11 is 1.67. The van der Waals surface area contributed by atoms with Crippen LogP contribution in [0.3, 0.4) is 0 Å². The summed E-state index contributed by atoms with van der Waals surface area (Å²) in [6.45, 7) is 4.55. The van der Waals surface area contributed by atoms with E-state index in [9.17, 15) is 5.11 Å². The minimum Gasteiger partial charge on any atom is -0.497 e. The van der Waals surface area contributed by atoms with Crippen molar-refractivity contribution in [3.8, 4) is 5.75 Å². The summed E-state index contributed by atoms with van der Waals surface area (Å²) in [5.41, 5.74) is 4.80. The highest BCUT2D eigenvalue weighted by Gasteiger charge is 2.52. The number of hydrogen-bond acceptors (Lipinski definition) is 7. The summed E-state index contributed by atoms with van der Waals surface area (Å²) in [6, 6.07) is 10.3. The second-order valence-electron chi connectivity index (χ2n) is 9.14. The molecule has 1 atom stereocenters. The van der Waals surface area contributed by atoms with Crippen LogP contribution in [0.1, 0.15) is 27.9 Å². The Hall–Kier alpha value is -2.78. The Bertz CT molecular complexity index is 1250. The third kappa shape index (κ3) is 3.54. The first-order chi connectivity index (χ1) is 16.2. The number of benzene rings is 1. The molecular weight excluding hydrogens is 434 g/mol. The number of fused-ring (bicyclic) bond motifs is 4. The van der Waals surface area contributed by atoms with E-state index in [4.69, 9.17) is 4.74 Å². The molecule has 5 heterocycles. The van der Waals surface area contributed by atoms with Gasteiger partial charge >= 0.3 is 0 Å². The van der Waals surface area contributed by atoms with Crippen molar-refractivity contribution in [3.63, 3.8) is 0 Å². The molecule has 2 aliphatic heterocycles. The van der Waals surface area contributed by atoms with Gasteiger partial charge in [-0.3, -0.25) is 14.8 Å². The van der Waals surface area contributed by atoms with Crippen LogP contribution in [-0.4, -0.2) is 63.2 Å². The Morgan fingerprint density at radius 3 is 2.85 bits per heavy atom. The number of nitrogens with zero attached hydrogens (tertiary/aromatic N) is 4. The van der Waals surface area contributed by atoms with E-state index in [2.05, 4.69) is 43.0 Å². The molecule has 0 amide bonds. The molecule has 6 rings (SSSR count). The zero-order valence-corrected chi connectivity index (χ0v) is 19.4. The third-order valence-corrected chi connectivity index (χ3v) is 7.79. The monoisotopic (exact) mass is 461 g/mol. The number of aromatic nitrogens is 3. The fraction of sp³-hybridized carbons (Fsp3) is 0.360. The summed E-state index contributed by atoms with van der Waals surface area (Å²) in [4.78, 5) is 17.3. The summed E-state index contributed by atoms with van der Waals surface area (Å²) in [6.07, 6.45) is 5.62. The molecule has 1 fully saturated rings. The first-order valence-electron chi connectivity index (χ1n) is 11.2. The molecule has 1 aromatic carbocycles. The van der Waals surface area contributed by atoms with E-state index in [1.807, 2.05) is 36.1 Å². The summed E-state index contributed by atoms with van der Waals surface area (Å²) in [5, 5.41) is 14.8. The minimum absolute atomic E-state index is 0.00725. The van der Waals surface area contributed by atoms with Gasteiger partial charge in [0.15, 0.2) is 0 Å². The van der Waals surface area contributed by atoms with Gasteiger partial charge in [-0.2, -0.15) is 0 Å². The fourth-order valence-corrected chi connectivity index (χ4v) is 6.35. The van der Waals surface area contributed by atoms with E-state index >= 15 is 0 Å². The van der Waals surface area contributed by atoms with Crippen molar-refractivity contribution in [2.24, 2.45) is 0 Å². The molecule has 4 aromatic rings. The molecule has 33 heavy (non-hydrogen) atoms. The van der Waals surface area contributed by atoms with Gasteiger partial charge in [0, 0.05) is 78.2 Å². The molecule has 1 saturated heterocycles. The zero-order valence-electron chi connectivity index (χ0n) is 18.6. The molecule has 0 aliphatic carbocycles. The van der Waals surface area contributed by atoms with E-state index in [1.54, 1.807) is 18.4 Å². The van der Waals surface area contributed by atoms with Crippen molar-refractivity contribution in [1.29, 1.82) is 0 Å². The molecular formula is C25H27N5O2S. The highest BCUT2D eigenvalue weighted by Crippen LogP contribution is 2.49. The van der Waals surface area contributed by atoms with Gasteiger partial charge in [-0.1, -0.05) is 6.07 Å². The smallest absolute Gasteiger partial charge is 0.120 e. The van der Waals surface area contributed by atoms with Crippen molar-refractivity contribution in [2.45, 2.75) is 24.5 Å². The lowest BCUT2D eigenvalue weighted by atomic mass is 9.68. The number of nitrogens with one attached hydrogen (secondary N) is 1. The van der Waals surface area contributed by atoms with Crippen molar-refractivity contribution in [2.75, 3.05) is 33.4 Å². The van der Waals surface area contributed by atoms with Gasteiger partial charge in [-0.25, -0.2) is 4.98 Å². The number of H-pyrrole nitrogens is 1. The molecule has 1 spiro atoms. The molecule has 0 bridgehead atoms. The number of thiazole rings is 1. The number of aliphatic hydroxyl groups is 1. The Labute approximate surface area is 196 Å². The van der Waals surface area contributed by atoms with Crippen molar-refractivity contribution in [3.05, 3.63) is 76.1 Å². The van der Waals surface area contributed by atoms with Crippen molar-refractivity contribution < 1.29 is 9.84 Å². The van der Waals surface area contributed by atoms with Crippen LogP contribution >= 0.6 is 11.3 Å².